The summed E-state index contributed by atoms with van der Waals surface area (Å²) in [6.07, 6.45) is 5.20. The first-order valence-electron chi connectivity index (χ1n) is 2.86. The van der Waals surface area contributed by atoms with Crippen molar-refractivity contribution in [1.29, 1.82) is 0 Å². The Morgan fingerprint density at radius 1 is 1.86 bits per heavy atom. The fourth-order valence-corrected chi connectivity index (χ4v) is 0.557. The molecule has 1 unspecified atom stereocenters. The molecule has 0 aromatic heterocycles. The minimum atomic E-state index is 0.597. The molecule has 0 spiro atoms. The second-order valence-corrected chi connectivity index (χ2v) is 1.89. The van der Waals surface area contributed by atoms with E-state index in [0.717, 1.165) is 13.0 Å². The van der Waals surface area contributed by atoms with Crippen LogP contribution in [0.3, 0.4) is 0 Å². The largest absolute Gasteiger partial charge is 0.373 e. The summed E-state index contributed by atoms with van der Waals surface area (Å²) in [4.78, 5) is 0. The lowest BCUT2D eigenvalue weighted by molar-refractivity contribution is 0.405. The van der Waals surface area contributed by atoms with Crippen LogP contribution < -0.4 is 0 Å². The van der Waals surface area contributed by atoms with Crippen molar-refractivity contribution in [2.24, 2.45) is 0 Å². The second-order valence-electron chi connectivity index (χ2n) is 1.89. The van der Waals surface area contributed by atoms with E-state index in [1.165, 1.54) is 6.42 Å². The van der Waals surface area contributed by atoms with Gasteiger partial charge in [0.2, 0.25) is 0 Å². The highest BCUT2D eigenvalue weighted by atomic mass is 16.6. The van der Waals surface area contributed by atoms with E-state index in [0.29, 0.717) is 6.10 Å². The van der Waals surface area contributed by atoms with Gasteiger partial charge in [0.15, 0.2) is 0 Å². The Morgan fingerprint density at radius 3 is 3.00 bits per heavy atom. The first kappa shape index (κ1) is 5.10. The predicted octanol–water partition coefficient (Wildman–Crippen LogP) is 1.39. The van der Waals surface area contributed by atoms with E-state index in [4.69, 9.17) is 4.74 Å². The van der Waals surface area contributed by atoms with Crippen LogP contribution in [-0.4, -0.2) is 12.7 Å². The monoisotopic (exact) mass is 99.1 g/mol. The first-order valence-corrected chi connectivity index (χ1v) is 2.86. The maximum absolute atomic E-state index is 4.98. The molecule has 1 radical (unpaired) electrons. The molecule has 41 valence electrons. The molecule has 1 fully saturated rings. The molecule has 1 saturated heterocycles. The third-order valence-corrected chi connectivity index (χ3v) is 1.12. The lowest BCUT2D eigenvalue weighted by Crippen LogP contribution is -1.82. The lowest BCUT2D eigenvalue weighted by Gasteiger charge is -1.85. The van der Waals surface area contributed by atoms with E-state index in [1.807, 2.05) is 0 Å². The zero-order valence-corrected chi connectivity index (χ0v) is 4.68. The maximum Gasteiger partial charge on any atom is 0.0812 e. The fourth-order valence-electron chi connectivity index (χ4n) is 0.557. The SMILES string of the molecule is CC[CH]CC1CO1. The number of unbranched alkanes of at least 4 members (excludes halogenated alkanes) is 1. The Labute approximate surface area is 44.7 Å². The summed E-state index contributed by atoms with van der Waals surface area (Å²) in [5.41, 5.74) is 0. The highest BCUT2D eigenvalue weighted by molar-refractivity contribution is 4.76. The van der Waals surface area contributed by atoms with Crippen LogP contribution in [-0.2, 0) is 4.74 Å². The predicted molar refractivity (Wildman–Crippen MR) is 28.9 cm³/mol. The minimum absolute atomic E-state index is 0.597. The molecular weight excluding hydrogens is 88.1 g/mol. The van der Waals surface area contributed by atoms with Crippen LogP contribution in [0.15, 0.2) is 0 Å². The van der Waals surface area contributed by atoms with Crippen LogP contribution in [0.2, 0.25) is 0 Å². The Kier molecular flexibility index (Phi) is 1.69. The third kappa shape index (κ3) is 1.93. The summed E-state index contributed by atoms with van der Waals surface area (Å²) in [6, 6.07) is 0. The summed E-state index contributed by atoms with van der Waals surface area (Å²) in [6.45, 7) is 3.15. The van der Waals surface area contributed by atoms with Crippen LogP contribution >= 0.6 is 0 Å². The van der Waals surface area contributed by atoms with Crippen molar-refractivity contribution in [1.82, 2.24) is 0 Å². The van der Waals surface area contributed by atoms with E-state index in [9.17, 15) is 0 Å². The third-order valence-electron chi connectivity index (χ3n) is 1.12. The smallest absolute Gasteiger partial charge is 0.0812 e. The molecule has 0 amide bonds. The van der Waals surface area contributed by atoms with Gasteiger partial charge in [0.1, 0.15) is 0 Å². The molecule has 1 rings (SSSR count). The molecule has 1 aliphatic heterocycles. The van der Waals surface area contributed by atoms with Gasteiger partial charge < -0.3 is 4.74 Å². The summed E-state index contributed by atoms with van der Waals surface area (Å²) >= 11 is 0. The van der Waals surface area contributed by atoms with Crippen molar-refractivity contribution >= 4 is 0 Å². The number of epoxide rings is 1. The standard InChI is InChI=1S/C6H11O/c1-2-3-4-6-5-7-6/h3,6H,2,4-5H2,1H3. The Bertz CT molecular complexity index is 48.1. The average Bonchev–Trinajstić information content (AvgIpc) is 2.42. The summed E-state index contributed by atoms with van der Waals surface area (Å²) in [5.74, 6) is 0. The van der Waals surface area contributed by atoms with E-state index < -0.39 is 0 Å². The quantitative estimate of drug-likeness (QED) is 0.487. The van der Waals surface area contributed by atoms with E-state index in [2.05, 4.69) is 13.3 Å². The van der Waals surface area contributed by atoms with Gasteiger partial charge in [-0.05, 0) is 12.8 Å². The van der Waals surface area contributed by atoms with Crippen molar-refractivity contribution < 1.29 is 4.74 Å². The number of rotatable bonds is 3. The molecule has 1 aliphatic rings. The van der Waals surface area contributed by atoms with Crippen LogP contribution in [0.5, 0.6) is 0 Å². The van der Waals surface area contributed by atoms with Gasteiger partial charge in [-0.15, -0.1) is 0 Å². The molecule has 1 heteroatoms. The summed E-state index contributed by atoms with van der Waals surface area (Å²) < 4.78 is 4.98. The highest BCUT2D eigenvalue weighted by Crippen LogP contribution is 2.15. The second kappa shape index (κ2) is 2.31. The van der Waals surface area contributed by atoms with Crippen LogP contribution in [0.1, 0.15) is 19.8 Å². The molecule has 0 aromatic carbocycles. The number of hydrogen-bond donors (Lipinski definition) is 0. The minimum Gasteiger partial charge on any atom is -0.373 e. The van der Waals surface area contributed by atoms with Crippen molar-refractivity contribution in [3.8, 4) is 0 Å². The van der Waals surface area contributed by atoms with Gasteiger partial charge in [-0.2, -0.15) is 0 Å². The molecule has 1 atom stereocenters. The number of hydrogen-bond acceptors (Lipinski definition) is 1. The Balaban J connectivity index is 1.80. The zero-order valence-electron chi connectivity index (χ0n) is 4.68. The van der Waals surface area contributed by atoms with Crippen molar-refractivity contribution in [3.05, 3.63) is 6.42 Å². The van der Waals surface area contributed by atoms with Crippen molar-refractivity contribution in [2.75, 3.05) is 6.61 Å². The summed E-state index contributed by atoms with van der Waals surface area (Å²) in [7, 11) is 0. The van der Waals surface area contributed by atoms with Crippen molar-refractivity contribution in [3.63, 3.8) is 0 Å². The van der Waals surface area contributed by atoms with Crippen molar-refractivity contribution in [2.45, 2.75) is 25.9 Å². The van der Waals surface area contributed by atoms with E-state index in [-0.39, 0.29) is 0 Å². The molecule has 7 heavy (non-hydrogen) atoms. The fraction of sp³-hybridized carbons (Fsp3) is 0.833. The Hall–Kier alpha value is -0.0400. The molecule has 0 saturated carbocycles. The average molecular weight is 99.2 g/mol. The van der Waals surface area contributed by atoms with Gasteiger partial charge in [-0.1, -0.05) is 13.3 Å². The highest BCUT2D eigenvalue weighted by Gasteiger charge is 2.20. The molecule has 1 heterocycles. The van der Waals surface area contributed by atoms with Gasteiger partial charge in [-0.25, -0.2) is 0 Å². The van der Waals surface area contributed by atoms with Crippen LogP contribution in [0.25, 0.3) is 0 Å². The van der Waals surface area contributed by atoms with Gasteiger partial charge in [0.25, 0.3) is 0 Å². The first-order chi connectivity index (χ1) is 3.43. The maximum atomic E-state index is 4.98. The topological polar surface area (TPSA) is 12.5 Å². The molecule has 0 bridgehead atoms. The normalized spacial score (nSPS) is 27.9. The molecular formula is C6H11O. The number of ether oxygens (including phenoxy) is 1. The lowest BCUT2D eigenvalue weighted by atomic mass is 10.2. The zero-order chi connectivity index (χ0) is 5.11. The van der Waals surface area contributed by atoms with Crippen LogP contribution in [0, 0.1) is 6.42 Å². The molecule has 0 aliphatic carbocycles. The van der Waals surface area contributed by atoms with Crippen LogP contribution in [0.4, 0.5) is 0 Å². The molecule has 0 aromatic rings. The van der Waals surface area contributed by atoms with E-state index in [1.54, 1.807) is 0 Å². The van der Waals surface area contributed by atoms with E-state index >= 15 is 0 Å². The van der Waals surface area contributed by atoms with Gasteiger partial charge in [-0.3, -0.25) is 0 Å². The van der Waals surface area contributed by atoms with Gasteiger partial charge in [0.05, 0.1) is 12.7 Å². The van der Waals surface area contributed by atoms with Gasteiger partial charge in [0, 0.05) is 0 Å². The molecule has 1 nitrogen and oxygen atoms in total. The Morgan fingerprint density at radius 2 is 2.57 bits per heavy atom. The molecule has 0 N–H and O–H groups in total. The van der Waals surface area contributed by atoms with Gasteiger partial charge >= 0.3 is 0 Å². The summed E-state index contributed by atoms with van der Waals surface area (Å²) in [5, 5.41) is 0.